The molecule has 1 aromatic carbocycles. The summed E-state index contributed by atoms with van der Waals surface area (Å²) in [7, 11) is 0. The Morgan fingerprint density at radius 1 is 1.07 bits per heavy atom. The second-order valence-electron chi connectivity index (χ2n) is 7.69. The number of nitrogens with one attached hydrogen (secondary N) is 1. The van der Waals surface area contributed by atoms with Crippen LogP contribution in [0.2, 0.25) is 0 Å². The van der Waals surface area contributed by atoms with Crippen molar-refractivity contribution in [2.75, 3.05) is 0 Å². The molecule has 1 heterocycles. The summed E-state index contributed by atoms with van der Waals surface area (Å²) in [6, 6.07) is 4.22. The molecule has 2 unspecified atom stereocenters. The Bertz CT molecular complexity index is 808. The molecule has 1 aromatic heterocycles. The maximum absolute atomic E-state index is 11.6. The van der Waals surface area contributed by atoms with E-state index in [1.807, 2.05) is 27.7 Å². The van der Waals surface area contributed by atoms with Gasteiger partial charge in [-0.25, -0.2) is 4.98 Å². The third-order valence-corrected chi connectivity index (χ3v) is 4.35. The molecule has 3 N–H and O–H groups in total. The molecule has 0 saturated heterocycles. The summed E-state index contributed by atoms with van der Waals surface area (Å²) in [6.45, 7) is 7.84. The molecule has 2 atom stereocenters. The Kier molecular flexibility index (Phi) is 7.34. The Hall–Kier alpha value is -2.67. The number of oxazole rings is 1. The molecule has 7 nitrogen and oxygen atoms in total. The van der Waals surface area contributed by atoms with Gasteiger partial charge < -0.3 is 14.6 Å². The fraction of sp³-hybridized carbons (Fsp3) is 0.476. The fourth-order valence-electron chi connectivity index (χ4n) is 3.25. The average Bonchev–Trinajstić information content (AvgIpc) is 2.98. The molecule has 0 fully saturated rings. The van der Waals surface area contributed by atoms with E-state index in [2.05, 4.69) is 28.5 Å². The predicted octanol–water partition coefficient (Wildman–Crippen LogP) is 2.97. The first-order valence-electron chi connectivity index (χ1n) is 9.36. The van der Waals surface area contributed by atoms with Gasteiger partial charge in [-0.3, -0.25) is 14.9 Å². The minimum Gasteiger partial charge on any atom is -0.480 e. The molecule has 0 bridgehead atoms. The smallest absolute Gasteiger partial charge is 0.321 e. The first-order valence-corrected chi connectivity index (χ1v) is 9.36. The topological polar surface area (TPSA) is 113 Å². The van der Waals surface area contributed by atoms with E-state index in [-0.39, 0.29) is 18.2 Å². The molecule has 0 aliphatic rings. The third kappa shape index (κ3) is 6.49. The Morgan fingerprint density at radius 3 is 2.21 bits per heavy atom. The maximum Gasteiger partial charge on any atom is 0.321 e. The number of rotatable bonds is 10. The lowest BCUT2D eigenvalue weighted by Gasteiger charge is -2.20. The van der Waals surface area contributed by atoms with E-state index in [9.17, 15) is 19.8 Å². The van der Waals surface area contributed by atoms with Crippen LogP contribution in [0.25, 0.3) is 0 Å². The summed E-state index contributed by atoms with van der Waals surface area (Å²) in [6.07, 6.45) is 2.42. The SMILES string of the molecule is Cc1cc(C)cc(Cc2coc(CC(NC(CC(C)C)C(=O)O)C(=O)O)n2)c1. The summed E-state index contributed by atoms with van der Waals surface area (Å²) < 4.78 is 5.44. The summed E-state index contributed by atoms with van der Waals surface area (Å²) in [5, 5.41) is 21.5. The zero-order valence-corrected chi connectivity index (χ0v) is 16.7. The first-order chi connectivity index (χ1) is 13.1. The van der Waals surface area contributed by atoms with E-state index in [1.54, 1.807) is 0 Å². The van der Waals surface area contributed by atoms with E-state index in [4.69, 9.17) is 4.42 Å². The quantitative estimate of drug-likeness (QED) is 0.573. The number of carbonyl (C=O) groups is 2. The normalized spacial score (nSPS) is 13.5. The highest BCUT2D eigenvalue weighted by Crippen LogP contribution is 2.15. The number of benzene rings is 1. The molecule has 28 heavy (non-hydrogen) atoms. The molecule has 2 rings (SSSR count). The predicted molar refractivity (Wildman–Crippen MR) is 104 cm³/mol. The van der Waals surface area contributed by atoms with Crippen molar-refractivity contribution in [3.63, 3.8) is 0 Å². The van der Waals surface area contributed by atoms with Crippen LogP contribution in [0.4, 0.5) is 0 Å². The van der Waals surface area contributed by atoms with Gasteiger partial charge in [0.15, 0.2) is 5.89 Å². The number of hydrogen-bond donors (Lipinski definition) is 3. The summed E-state index contributed by atoms with van der Waals surface area (Å²) in [4.78, 5) is 27.4. The second kappa shape index (κ2) is 9.50. The zero-order valence-electron chi connectivity index (χ0n) is 16.7. The lowest BCUT2D eigenvalue weighted by molar-refractivity contribution is -0.143. The van der Waals surface area contributed by atoms with Gasteiger partial charge in [-0.2, -0.15) is 0 Å². The molecular formula is C21H28N2O5. The van der Waals surface area contributed by atoms with Crippen LogP contribution in [0.1, 0.15) is 48.5 Å². The van der Waals surface area contributed by atoms with E-state index in [0.29, 0.717) is 18.5 Å². The Morgan fingerprint density at radius 2 is 1.68 bits per heavy atom. The van der Waals surface area contributed by atoms with Crippen molar-refractivity contribution in [2.45, 2.75) is 59.0 Å². The monoisotopic (exact) mass is 388 g/mol. The van der Waals surface area contributed by atoms with Gasteiger partial charge in [-0.05, 0) is 31.7 Å². The number of hydrogen-bond acceptors (Lipinski definition) is 5. The highest BCUT2D eigenvalue weighted by molar-refractivity contribution is 5.77. The van der Waals surface area contributed by atoms with E-state index < -0.39 is 24.0 Å². The number of nitrogens with zero attached hydrogens (tertiary/aromatic N) is 1. The highest BCUT2D eigenvalue weighted by Gasteiger charge is 2.28. The molecule has 0 spiro atoms. The van der Waals surface area contributed by atoms with Crippen LogP contribution in [-0.2, 0) is 22.4 Å². The molecule has 2 aromatic rings. The lowest BCUT2D eigenvalue weighted by Crippen LogP contribution is -2.48. The number of aliphatic carboxylic acids is 2. The Balaban J connectivity index is 2.07. The minimum atomic E-state index is -1.14. The van der Waals surface area contributed by atoms with Gasteiger partial charge in [0.05, 0.1) is 12.1 Å². The molecule has 7 heteroatoms. The molecule has 152 valence electrons. The maximum atomic E-state index is 11.6. The standard InChI is InChI=1S/C21H28N2O5/c1-12(2)5-17(20(24)25)23-18(21(26)27)10-19-22-16(11-28-19)9-15-7-13(3)6-14(4)8-15/h6-8,11-12,17-18,23H,5,9-10H2,1-4H3,(H,24,25)(H,26,27). The third-order valence-electron chi connectivity index (χ3n) is 4.35. The van der Waals surface area contributed by atoms with Crippen LogP contribution in [-0.4, -0.2) is 39.2 Å². The van der Waals surface area contributed by atoms with E-state index >= 15 is 0 Å². The van der Waals surface area contributed by atoms with Crippen molar-refractivity contribution < 1.29 is 24.2 Å². The molecular weight excluding hydrogens is 360 g/mol. The van der Waals surface area contributed by atoms with Gasteiger partial charge in [0.1, 0.15) is 18.3 Å². The molecule has 0 saturated carbocycles. The van der Waals surface area contributed by atoms with Crippen LogP contribution < -0.4 is 5.32 Å². The van der Waals surface area contributed by atoms with Crippen molar-refractivity contribution in [3.05, 3.63) is 52.7 Å². The van der Waals surface area contributed by atoms with Crippen molar-refractivity contribution >= 4 is 11.9 Å². The molecule has 0 aliphatic heterocycles. The average molecular weight is 388 g/mol. The van der Waals surface area contributed by atoms with Crippen LogP contribution in [0.15, 0.2) is 28.9 Å². The number of carboxylic acids is 2. The van der Waals surface area contributed by atoms with Crippen molar-refractivity contribution in [2.24, 2.45) is 5.92 Å². The number of aromatic nitrogens is 1. The van der Waals surface area contributed by atoms with Gasteiger partial charge in [-0.1, -0.05) is 43.2 Å². The van der Waals surface area contributed by atoms with Gasteiger partial charge in [0.25, 0.3) is 0 Å². The number of carboxylic acid groups (broad SMARTS) is 2. The van der Waals surface area contributed by atoms with Gasteiger partial charge in [-0.15, -0.1) is 0 Å². The van der Waals surface area contributed by atoms with Crippen molar-refractivity contribution in [3.8, 4) is 0 Å². The summed E-state index contributed by atoms with van der Waals surface area (Å²) in [5.74, 6) is -1.81. The minimum absolute atomic E-state index is 0.0238. The molecule has 0 amide bonds. The van der Waals surface area contributed by atoms with Crippen LogP contribution in [0.3, 0.4) is 0 Å². The van der Waals surface area contributed by atoms with Crippen LogP contribution in [0, 0.1) is 19.8 Å². The largest absolute Gasteiger partial charge is 0.480 e. The molecule has 0 radical (unpaired) electrons. The number of aryl methyl sites for hydroxylation is 2. The van der Waals surface area contributed by atoms with Gasteiger partial charge in [0, 0.05) is 6.42 Å². The first kappa shape index (κ1) is 21.6. The highest BCUT2D eigenvalue weighted by atomic mass is 16.4. The van der Waals surface area contributed by atoms with Gasteiger partial charge >= 0.3 is 11.9 Å². The van der Waals surface area contributed by atoms with E-state index in [0.717, 1.165) is 5.56 Å². The Labute approximate surface area is 164 Å². The summed E-state index contributed by atoms with van der Waals surface area (Å²) >= 11 is 0. The van der Waals surface area contributed by atoms with Crippen LogP contribution in [0.5, 0.6) is 0 Å². The van der Waals surface area contributed by atoms with Crippen molar-refractivity contribution in [1.29, 1.82) is 0 Å². The zero-order chi connectivity index (χ0) is 20.8. The summed E-state index contributed by atoms with van der Waals surface area (Å²) in [5.41, 5.74) is 4.15. The van der Waals surface area contributed by atoms with Crippen LogP contribution >= 0.6 is 0 Å². The second-order valence-corrected chi connectivity index (χ2v) is 7.69. The fourth-order valence-corrected chi connectivity index (χ4v) is 3.25. The molecule has 0 aliphatic carbocycles. The van der Waals surface area contributed by atoms with Crippen molar-refractivity contribution in [1.82, 2.24) is 10.3 Å². The lowest BCUT2D eigenvalue weighted by atomic mass is 10.0. The van der Waals surface area contributed by atoms with E-state index in [1.165, 1.54) is 17.4 Å². The van der Waals surface area contributed by atoms with Gasteiger partial charge in [0.2, 0.25) is 0 Å².